The summed E-state index contributed by atoms with van der Waals surface area (Å²) in [6.45, 7) is 0. The van der Waals surface area contributed by atoms with E-state index in [1.54, 1.807) is 23.1 Å². The monoisotopic (exact) mass is 399 g/mol. The molecule has 0 aliphatic carbocycles. The Labute approximate surface area is 171 Å². The quantitative estimate of drug-likeness (QED) is 0.322. The fourth-order valence-corrected chi connectivity index (χ4v) is 4.67. The molecule has 3 aromatic heterocycles. The van der Waals surface area contributed by atoms with E-state index in [9.17, 15) is 0 Å². The molecule has 0 saturated heterocycles. The molecule has 0 amide bonds. The molecular weight excluding hydrogens is 382 g/mol. The minimum Gasteiger partial charge on any atom is -0.228 e. The summed E-state index contributed by atoms with van der Waals surface area (Å²) in [5, 5.41) is 8.20. The van der Waals surface area contributed by atoms with Gasteiger partial charge in [-0.15, -0.1) is 23.1 Å². The zero-order valence-corrected chi connectivity index (χ0v) is 16.9. The van der Waals surface area contributed by atoms with Gasteiger partial charge in [-0.3, -0.25) is 0 Å². The van der Waals surface area contributed by atoms with E-state index in [4.69, 9.17) is 10.1 Å². The summed E-state index contributed by atoms with van der Waals surface area (Å²) in [6.07, 6.45) is 2.11. The van der Waals surface area contributed by atoms with E-state index < -0.39 is 0 Å². The molecule has 5 rings (SSSR count). The highest BCUT2D eigenvalue weighted by atomic mass is 32.2. The Morgan fingerprint density at radius 3 is 2.32 bits per heavy atom. The molecule has 0 atom stereocenters. The number of aromatic nitrogens is 3. The standard InChI is InChI=1S/C23H17N3S2/c1-27-20-15-18(16-9-4-2-5-10-16)24-23-21(20)22(19-13-8-14-28-19)25-26(23)17-11-6-3-7-12-17/h2-15H,1H3. The predicted octanol–water partition coefficient (Wildman–Crippen LogP) is 6.54. The van der Waals surface area contributed by atoms with Crippen molar-refractivity contribution in [2.24, 2.45) is 0 Å². The van der Waals surface area contributed by atoms with E-state index in [-0.39, 0.29) is 0 Å². The fraction of sp³-hybridized carbons (Fsp3) is 0.0435. The number of hydrogen-bond donors (Lipinski definition) is 0. The van der Waals surface area contributed by atoms with Crippen LogP contribution in [-0.2, 0) is 0 Å². The van der Waals surface area contributed by atoms with E-state index in [0.29, 0.717) is 0 Å². The van der Waals surface area contributed by atoms with Crippen LogP contribution in [0, 0.1) is 0 Å². The lowest BCUT2D eigenvalue weighted by Gasteiger charge is -2.08. The topological polar surface area (TPSA) is 30.7 Å². The Bertz CT molecular complexity index is 1230. The normalized spacial score (nSPS) is 11.2. The molecule has 0 unspecified atom stereocenters. The smallest absolute Gasteiger partial charge is 0.165 e. The zero-order valence-electron chi connectivity index (χ0n) is 15.2. The summed E-state index contributed by atoms with van der Waals surface area (Å²) in [4.78, 5) is 7.40. The van der Waals surface area contributed by atoms with Crippen molar-refractivity contribution in [2.75, 3.05) is 6.26 Å². The summed E-state index contributed by atoms with van der Waals surface area (Å²) in [5.41, 5.74) is 4.97. The largest absolute Gasteiger partial charge is 0.228 e. The van der Waals surface area contributed by atoms with Gasteiger partial charge in [0.15, 0.2) is 5.65 Å². The third-order valence-electron chi connectivity index (χ3n) is 4.65. The second kappa shape index (κ2) is 7.26. The Morgan fingerprint density at radius 1 is 0.893 bits per heavy atom. The highest BCUT2D eigenvalue weighted by molar-refractivity contribution is 7.98. The molecule has 28 heavy (non-hydrogen) atoms. The second-order valence-electron chi connectivity index (χ2n) is 6.35. The number of pyridine rings is 1. The van der Waals surface area contributed by atoms with Crippen LogP contribution in [-0.4, -0.2) is 21.0 Å². The molecule has 0 radical (unpaired) electrons. The Balaban J connectivity index is 1.86. The van der Waals surface area contributed by atoms with Gasteiger partial charge in [-0.25, -0.2) is 9.67 Å². The van der Waals surface area contributed by atoms with Crippen LogP contribution in [0.4, 0.5) is 0 Å². The third kappa shape index (κ3) is 2.93. The van der Waals surface area contributed by atoms with Crippen molar-refractivity contribution in [1.82, 2.24) is 14.8 Å². The molecule has 136 valence electrons. The van der Waals surface area contributed by atoms with Gasteiger partial charge in [-0.1, -0.05) is 54.6 Å². The maximum Gasteiger partial charge on any atom is 0.165 e. The number of fused-ring (bicyclic) bond motifs is 1. The first-order valence-electron chi connectivity index (χ1n) is 8.97. The van der Waals surface area contributed by atoms with Crippen molar-refractivity contribution in [2.45, 2.75) is 4.90 Å². The van der Waals surface area contributed by atoms with Crippen molar-refractivity contribution in [3.63, 3.8) is 0 Å². The predicted molar refractivity (Wildman–Crippen MR) is 119 cm³/mol. The molecule has 3 heterocycles. The highest BCUT2D eigenvalue weighted by Gasteiger charge is 2.20. The van der Waals surface area contributed by atoms with Gasteiger partial charge in [0.1, 0.15) is 5.69 Å². The summed E-state index contributed by atoms with van der Waals surface area (Å²) in [5.74, 6) is 0. The SMILES string of the molecule is CSc1cc(-c2ccccc2)nc2c1c(-c1cccs1)nn2-c1ccccc1. The van der Waals surface area contributed by atoms with Crippen LogP contribution < -0.4 is 0 Å². The first-order chi connectivity index (χ1) is 13.8. The van der Waals surface area contributed by atoms with Crippen LogP contribution in [0.2, 0.25) is 0 Å². The molecular formula is C23H17N3S2. The Morgan fingerprint density at radius 2 is 1.64 bits per heavy atom. The minimum absolute atomic E-state index is 0.889. The molecule has 0 saturated carbocycles. The summed E-state index contributed by atoms with van der Waals surface area (Å²) >= 11 is 3.44. The minimum atomic E-state index is 0.889. The van der Waals surface area contributed by atoms with Gasteiger partial charge in [0.25, 0.3) is 0 Å². The van der Waals surface area contributed by atoms with Crippen molar-refractivity contribution in [1.29, 1.82) is 0 Å². The number of thioether (sulfide) groups is 1. The number of nitrogens with zero attached hydrogens (tertiary/aromatic N) is 3. The van der Waals surface area contributed by atoms with Gasteiger partial charge in [0.05, 0.1) is 21.6 Å². The molecule has 0 spiro atoms. The molecule has 0 aliphatic heterocycles. The number of hydrogen-bond acceptors (Lipinski definition) is 4. The van der Waals surface area contributed by atoms with E-state index in [2.05, 4.69) is 54.1 Å². The summed E-state index contributed by atoms with van der Waals surface area (Å²) in [7, 11) is 0. The number of thiophene rings is 1. The summed E-state index contributed by atoms with van der Waals surface area (Å²) in [6, 6.07) is 26.9. The molecule has 2 aromatic carbocycles. The van der Waals surface area contributed by atoms with Gasteiger partial charge in [-0.05, 0) is 35.9 Å². The first kappa shape index (κ1) is 17.2. The lowest BCUT2D eigenvalue weighted by molar-refractivity contribution is 0.902. The highest BCUT2D eigenvalue weighted by Crippen LogP contribution is 2.38. The molecule has 3 nitrogen and oxygen atoms in total. The molecule has 0 N–H and O–H groups in total. The van der Waals surface area contributed by atoms with Gasteiger partial charge < -0.3 is 0 Å². The number of benzene rings is 2. The molecule has 0 aliphatic rings. The van der Waals surface area contributed by atoms with Gasteiger partial charge >= 0.3 is 0 Å². The van der Waals surface area contributed by atoms with Crippen LogP contribution in [0.1, 0.15) is 0 Å². The fourth-order valence-electron chi connectivity index (χ4n) is 3.33. The molecule has 0 fully saturated rings. The van der Waals surface area contributed by atoms with E-state index in [0.717, 1.165) is 38.5 Å². The van der Waals surface area contributed by atoms with Gasteiger partial charge in [-0.2, -0.15) is 5.10 Å². The van der Waals surface area contributed by atoms with E-state index >= 15 is 0 Å². The van der Waals surface area contributed by atoms with Crippen molar-refractivity contribution >= 4 is 34.1 Å². The number of para-hydroxylation sites is 1. The number of rotatable bonds is 4. The average molecular weight is 400 g/mol. The van der Waals surface area contributed by atoms with E-state index in [1.165, 1.54) is 4.90 Å². The third-order valence-corrected chi connectivity index (χ3v) is 6.28. The second-order valence-corrected chi connectivity index (χ2v) is 8.14. The summed E-state index contributed by atoms with van der Waals surface area (Å²) < 4.78 is 1.97. The van der Waals surface area contributed by atoms with Crippen LogP contribution in [0.25, 0.3) is 38.5 Å². The molecule has 0 bridgehead atoms. The zero-order chi connectivity index (χ0) is 18.9. The lowest BCUT2D eigenvalue weighted by atomic mass is 10.1. The average Bonchev–Trinajstić information content (AvgIpc) is 3.42. The molecule has 5 heteroatoms. The van der Waals surface area contributed by atoms with Crippen molar-refractivity contribution in [3.8, 4) is 27.5 Å². The van der Waals surface area contributed by atoms with Crippen LogP contribution in [0.15, 0.2) is 89.1 Å². The Hall–Kier alpha value is -2.89. The first-order valence-corrected chi connectivity index (χ1v) is 11.1. The molecule has 5 aromatic rings. The van der Waals surface area contributed by atoms with Gasteiger partial charge in [0.2, 0.25) is 0 Å². The maximum atomic E-state index is 5.05. The van der Waals surface area contributed by atoms with Crippen LogP contribution in [0.3, 0.4) is 0 Å². The van der Waals surface area contributed by atoms with Crippen LogP contribution >= 0.6 is 23.1 Å². The maximum absolute atomic E-state index is 5.05. The lowest BCUT2D eigenvalue weighted by Crippen LogP contribution is -1.98. The van der Waals surface area contributed by atoms with Crippen molar-refractivity contribution < 1.29 is 0 Å². The van der Waals surface area contributed by atoms with Crippen molar-refractivity contribution in [3.05, 3.63) is 84.2 Å². The van der Waals surface area contributed by atoms with E-state index in [1.807, 2.05) is 41.1 Å². The van der Waals surface area contributed by atoms with Crippen LogP contribution in [0.5, 0.6) is 0 Å². The van der Waals surface area contributed by atoms with Gasteiger partial charge in [0, 0.05) is 10.5 Å². The Kier molecular flexibility index (Phi) is 4.47.